The summed E-state index contributed by atoms with van der Waals surface area (Å²) in [5.74, 6) is 0.838. The van der Waals surface area contributed by atoms with Crippen molar-refractivity contribution < 1.29 is 4.74 Å². The van der Waals surface area contributed by atoms with Crippen LogP contribution in [0.2, 0.25) is 0 Å². The van der Waals surface area contributed by atoms with Gasteiger partial charge in [0, 0.05) is 23.0 Å². The Morgan fingerprint density at radius 1 is 1.20 bits per heavy atom. The number of ether oxygens (including phenoxy) is 1. The summed E-state index contributed by atoms with van der Waals surface area (Å²) < 4.78 is 7.60. The third-order valence-electron chi connectivity index (χ3n) is 3.20. The number of fused-ring (bicyclic) bond motifs is 1. The lowest BCUT2D eigenvalue weighted by molar-refractivity contribution is 0.412. The van der Waals surface area contributed by atoms with Gasteiger partial charge in [0.1, 0.15) is 5.75 Å². The zero-order valence-electron chi connectivity index (χ0n) is 11.0. The van der Waals surface area contributed by atoms with Gasteiger partial charge < -0.3 is 10.1 Å². The highest BCUT2D eigenvalue weighted by atomic mass is 79.9. The van der Waals surface area contributed by atoms with Crippen LogP contribution in [0.4, 0.5) is 5.69 Å². The lowest BCUT2D eigenvalue weighted by Gasteiger charge is -2.09. The normalized spacial score (nSPS) is 10.7. The van der Waals surface area contributed by atoms with Gasteiger partial charge in [0.2, 0.25) is 0 Å². The molecule has 0 aliphatic heterocycles. The minimum atomic E-state index is 0.814. The van der Waals surface area contributed by atoms with Crippen molar-refractivity contribution in [3.05, 3.63) is 57.9 Å². The van der Waals surface area contributed by atoms with Gasteiger partial charge in [-0.2, -0.15) is 0 Å². The Morgan fingerprint density at radius 2 is 2.05 bits per heavy atom. The maximum atomic E-state index is 5.31. The van der Waals surface area contributed by atoms with Crippen LogP contribution in [-0.4, -0.2) is 7.11 Å². The minimum absolute atomic E-state index is 0.814. The van der Waals surface area contributed by atoms with E-state index in [1.807, 2.05) is 18.2 Å². The third kappa shape index (κ3) is 2.67. The van der Waals surface area contributed by atoms with Gasteiger partial charge in [-0.3, -0.25) is 0 Å². The van der Waals surface area contributed by atoms with E-state index in [0.29, 0.717) is 0 Å². The molecule has 3 rings (SSSR count). The summed E-state index contributed by atoms with van der Waals surface area (Å²) in [5.41, 5.74) is 2.38. The Bertz CT molecular complexity index is 738. The molecule has 0 aliphatic carbocycles. The van der Waals surface area contributed by atoms with Crippen molar-refractivity contribution in [1.82, 2.24) is 0 Å². The van der Waals surface area contributed by atoms with E-state index < -0.39 is 0 Å². The zero-order valence-corrected chi connectivity index (χ0v) is 13.4. The fraction of sp³-hybridized carbons (Fsp3) is 0.125. The summed E-state index contributed by atoms with van der Waals surface area (Å²) in [4.78, 5) is 0. The Kier molecular flexibility index (Phi) is 3.94. The standard InChI is InChI=1S/C16H14BrNOS/c1-19-15-8-12(6-7-14(15)17)18-9-11-10-20-16-5-3-2-4-13(11)16/h2-8,10,18H,9H2,1H3. The minimum Gasteiger partial charge on any atom is -0.495 e. The molecule has 0 saturated heterocycles. The van der Waals surface area contributed by atoms with Crippen molar-refractivity contribution in [3.8, 4) is 5.75 Å². The average molecular weight is 348 g/mol. The average Bonchev–Trinajstić information content (AvgIpc) is 2.90. The fourth-order valence-corrected chi connectivity index (χ4v) is 3.51. The maximum absolute atomic E-state index is 5.31. The number of rotatable bonds is 4. The van der Waals surface area contributed by atoms with Crippen LogP contribution in [0.3, 0.4) is 0 Å². The van der Waals surface area contributed by atoms with E-state index in [2.05, 4.69) is 50.9 Å². The highest BCUT2D eigenvalue weighted by Gasteiger charge is 2.05. The molecule has 102 valence electrons. The second kappa shape index (κ2) is 5.85. The second-order valence-electron chi connectivity index (χ2n) is 4.46. The van der Waals surface area contributed by atoms with Gasteiger partial charge in [-0.25, -0.2) is 0 Å². The Morgan fingerprint density at radius 3 is 2.90 bits per heavy atom. The monoisotopic (exact) mass is 347 g/mol. The van der Waals surface area contributed by atoms with Crippen molar-refractivity contribution >= 4 is 43.0 Å². The van der Waals surface area contributed by atoms with Gasteiger partial charge in [-0.05, 0) is 50.5 Å². The molecule has 0 saturated carbocycles. The van der Waals surface area contributed by atoms with E-state index in [0.717, 1.165) is 22.5 Å². The summed E-state index contributed by atoms with van der Waals surface area (Å²) in [6, 6.07) is 14.5. The molecule has 1 N–H and O–H groups in total. The predicted molar refractivity (Wildman–Crippen MR) is 89.8 cm³/mol. The van der Waals surface area contributed by atoms with Crippen LogP contribution >= 0.6 is 27.3 Å². The molecule has 1 heterocycles. The maximum Gasteiger partial charge on any atom is 0.135 e. The molecule has 0 fully saturated rings. The first-order valence-corrected chi connectivity index (χ1v) is 7.97. The predicted octanol–water partition coefficient (Wildman–Crippen LogP) is 5.28. The molecular weight excluding hydrogens is 334 g/mol. The number of anilines is 1. The van der Waals surface area contributed by atoms with Crippen LogP contribution in [0.25, 0.3) is 10.1 Å². The van der Waals surface area contributed by atoms with Crippen molar-refractivity contribution in [1.29, 1.82) is 0 Å². The third-order valence-corrected chi connectivity index (χ3v) is 4.86. The molecule has 2 aromatic carbocycles. The van der Waals surface area contributed by atoms with Gasteiger partial charge in [0.15, 0.2) is 0 Å². The van der Waals surface area contributed by atoms with E-state index in [4.69, 9.17) is 4.74 Å². The van der Waals surface area contributed by atoms with Crippen molar-refractivity contribution in [2.24, 2.45) is 0 Å². The van der Waals surface area contributed by atoms with E-state index in [1.165, 1.54) is 15.6 Å². The van der Waals surface area contributed by atoms with E-state index in [-0.39, 0.29) is 0 Å². The van der Waals surface area contributed by atoms with E-state index >= 15 is 0 Å². The van der Waals surface area contributed by atoms with Gasteiger partial charge in [-0.15, -0.1) is 11.3 Å². The highest BCUT2D eigenvalue weighted by molar-refractivity contribution is 9.10. The fourth-order valence-electron chi connectivity index (χ4n) is 2.14. The largest absolute Gasteiger partial charge is 0.495 e. The summed E-state index contributed by atoms with van der Waals surface area (Å²) in [6.45, 7) is 0.814. The molecule has 4 heteroatoms. The molecule has 1 aromatic heterocycles. The molecule has 0 unspecified atom stereocenters. The summed E-state index contributed by atoms with van der Waals surface area (Å²) in [6.07, 6.45) is 0. The van der Waals surface area contributed by atoms with E-state index in [9.17, 15) is 0 Å². The SMILES string of the molecule is COc1cc(NCc2csc3ccccc23)ccc1Br. The molecule has 20 heavy (non-hydrogen) atoms. The number of methoxy groups -OCH3 is 1. The van der Waals surface area contributed by atoms with Crippen LogP contribution in [0.15, 0.2) is 52.3 Å². The molecule has 0 amide bonds. The lowest BCUT2D eigenvalue weighted by Crippen LogP contribution is -1.99. The number of thiophene rings is 1. The number of benzene rings is 2. The Hall–Kier alpha value is -1.52. The van der Waals surface area contributed by atoms with Crippen molar-refractivity contribution in [2.45, 2.75) is 6.54 Å². The lowest BCUT2D eigenvalue weighted by atomic mass is 10.2. The molecule has 3 aromatic rings. The second-order valence-corrected chi connectivity index (χ2v) is 6.23. The van der Waals surface area contributed by atoms with Gasteiger partial charge in [0.25, 0.3) is 0 Å². The Labute approximate surface area is 130 Å². The molecule has 0 aliphatic rings. The number of hydrogen-bond donors (Lipinski definition) is 1. The molecule has 0 radical (unpaired) electrons. The number of nitrogens with one attached hydrogen (secondary N) is 1. The van der Waals surface area contributed by atoms with Gasteiger partial charge in [0.05, 0.1) is 11.6 Å². The highest BCUT2D eigenvalue weighted by Crippen LogP contribution is 2.29. The smallest absolute Gasteiger partial charge is 0.135 e. The number of hydrogen-bond acceptors (Lipinski definition) is 3. The van der Waals surface area contributed by atoms with Gasteiger partial charge >= 0.3 is 0 Å². The van der Waals surface area contributed by atoms with Crippen molar-refractivity contribution in [3.63, 3.8) is 0 Å². The summed E-state index contributed by atoms with van der Waals surface area (Å²) in [5, 5.41) is 6.99. The zero-order chi connectivity index (χ0) is 13.9. The topological polar surface area (TPSA) is 21.3 Å². The first kappa shape index (κ1) is 13.5. The summed E-state index contributed by atoms with van der Waals surface area (Å²) in [7, 11) is 1.68. The van der Waals surface area contributed by atoms with Crippen LogP contribution in [0.5, 0.6) is 5.75 Å². The number of halogens is 1. The summed E-state index contributed by atoms with van der Waals surface area (Å²) >= 11 is 5.25. The van der Waals surface area contributed by atoms with E-state index in [1.54, 1.807) is 18.4 Å². The first-order chi connectivity index (χ1) is 9.78. The van der Waals surface area contributed by atoms with Crippen molar-refractivity contribution in [2.75, 3.05) is 12.4 Å². The molecule has 2 nitrogen and oxygen atoms in total. The van der Waals surface area contributed by atoms with Gasteiger partial charge in [-0.1, -0.05) is 18.2 Å². The van der Waals surface area contributed by atoms with Crippen LogP contribution in [-0.2, 0) is 6.54 Å². The quantitative estimate of drug-likeness (QED) is 0.692. The molecule has 0 spiro atoms. The van der Waals surface area contributed by atoms with Crippen LogP contribution < -0.4 is 10.1 Å². The van der Waals surface area contributed by atoms with Crippen LogP contribution in [0, 0.1) is 0 Å². The Balaban J connectivity index is 1.79. The molecule has 0 bridgehead atoms. The molecular formula is C16H14BrNOS. The molecule has 0 atom stereocenters. The van der Waals surface area contributed by atoms with Crippen LogP contribution in [0.1, 0.15) is 5.56 Å². The first-order valence-electron chi connectivity index (χ1n) is 6.30.